The minimum Gasteiger partial charge on any atom is -0.368 e. The van der Waals surface area contributed by atoms with Crippen molar-refractivity contribution in [2.45, 2.75) is 19.3 Å². The average molecular weight is 242 g/mol. The fraction of sp³-hybridized carbons (Fsp3) is 0.429. The molecule has 1 aliphatic rings. The Morgan fingerprint density at radius 2 is 2.11 bits per heavy atom. The van der Waals surface area contributed by atoms with E-state index in [1.807, 2.05) is 12.1 Å². The largest absolute Gasteiger partial charge is 0.368 e. The predicted molar refractivity (Wildman–Crippen MR) is 73.4 cm³/mol. The Bertz CT molecular complexity index is 543. The number of anilines is 1. The summed E-state index contributed by atoms with van der Waals surface area (Å²) >= 11 is 0. The molecule has 0 saturated heterocycles. The molecule has 1 aromatic carbocycles. The van der Waals surface area contributed by atoms with Crippen molar-refractivity contribution < 1.29 is 0 Å². The fourth-order valence-electron chi connectivity index (χ4n) is 2.43. The maximum absolute atomic E-state index is 5.66. The lowest BCUT2D eigenvalue weighted by Crippen LogP contribution is -2.19. The lowest BCUT2D eigenvalue weighted by Gasteiger charge is -2.15. The Morgan fingerprint density at radius 3 is 2.89 bits per heavy atom. The fourth-order valence-corrected chi connectivity index (χ4v) is 2.43. The van der Waals surface area contributed by atoms with Crippen molar-refractivity contribution in [2.24, 2.45) is 11.1 Å². The second kappa shape index (κ2) is 4.53. The van der Waals surface area contributed by atoms with Crippen LogP contribution in [0.25, 0.3) is 10.8 Å². The molecule has 1 fully saturated rings. The molecule has 0 bridgehead atoms. The Morgan fingerprint density at radius 1 is 1.28 bits per heavy atom. The number of fused-ring (bicyclic) bond motifs is 1. The van der Waals surface area contributed by atoms with Crippen LogP contribution in [-0.4, -0.2) is 23.3 Å². The molecule has 4 heteroatoms. The van der Waals surface area contributed by atoms with Gasteiger partial charge in [-0.15, -0.1) is 5.10 Å². The van der Waals surface area contributed by atoms with Gasteiger partial charge >= 0.3 is 0 Å². The van der Waals surface area contributed by atoms with E-state index in [9.17, 15) is 0 Å². The molecule has 3 rings (SSSR count). The van der Waals surface area contributed by atoms with Gasteiger partial charge in [0.15, 0.2) is 5.82 Å². The quantitative estimate of drug-likeness (QED) is 0.843. The summed E-state index contributed by atoms with van der Waals surface area (Å²) in [7, 11) is 0. The van der Waals surface area contributed by atoms with Gasteiger partial charge in [-0.2, -0.15) is 5.10 Å². The highest BCUT2D eigenvalue weighted by atomic mass is 15.2. The molecule has 0 unspecified atom stereocenters. The number of nitrogens with one attached hydrogen (secondary N) is 1. The van der Waals surface area contributed by atoms with Crippen molar-refractivity contribution in [3.05, 3.63) is 30.5 Å². The summed E-state index contributed by atoms with van der Waals surface area (Å²) in [6.07, 6.45) is 5.44. The minimum absolute atomic E-state index is 0.410. The number of nitrogens with two attached hydrogens (primary N) is 1. The summed E-state index contributed by atoms with van der Waals surface area (Å²) in [6, 6.07) is 8.18. The first-order valence-electron chi connectivity index (χ1n) is 6.47. The molecule has 18 heavy (non-hydrogen) atoms. The molecular weight excluding hydrogens is 224 g/mol. The molecule has 4 nitrogen and oxygen atoms in total. The smallest absolute Gasteiger partial charge is 0.156 e. The van der Waals surface area contributed by atoms with Gasteiger partial charge in [0.05, 0.1) is 6.20 Å². The molecular formula is C14H18N4. The molecule has 1 aromatic heterocycles. The Balaban J connectivity index is 1.79. The maximum atomic E-state index is 5.66. The molecule has 0 spiro atoms. The van der Waals surface area contributed by atoms with Crippen LogP contribution in [0.4, 0.5) is 5.82 Å². The van der Waals surface area contributed by atoms with Crippen LogP contribution in [0, 0.1) is 5.41 Å². The van der Waals surface area contributed by atoms with Gasteiger partial charge in [-0.05, 0) is 31.2 Å². The number of rotatable bonds is 5. The summed E-state index contributed by atoms with van der Waals surface area (Å²) < 4.78 is 0. The van der Waals surface area contributed by atoms with Crippen molar-refractivity contribution >= 4 is 16.6 Å². The van der Waals surface area contributed by atoms with E-state index >= 15 is 0 Å². The molecule has 1 saturated carbocycles. The third-order valence-electron chi connectivity index (χ3n) is 3.83. The van der Waals surface area contributed by atoms with Gasteiger partial charge in [0.25, 0.3) is 0 Å². The van der Waals surface area contributed by atoms with Crippen molar-refractivity contribution in [3.63, 3.8) is 0 Å². The van der Waals surface area contributed by atoms with Gasteiger partial charge in [-0.1, -0.05) is 24.3 Å². The zero-order chi connectivity index (χ0) is 12.4. The van der Waals surface area contributed by atoms with Gasteiger partial charge in [0, 0.05) is 17.3 Å². The van der Waals surface area contributed by atoms with Crippen molar-refractivity contribution in [3.8, 4) is 0 Å². The van der Waals surface area contributed by atoms with Crippen LogP contribution in [0.15, 0.2) is 30.5 Å². The van der Waals surface area contributed by atoms with E-state index in [-0.39, 0.29) is 0 Å². The van der Waals surface area contributed by atoms with E-state index in [1.165, 1.54) is 12.8 Å². The molecule has 2 aromatic rings. The molecule has 0 radical (unpaired) electrons. The Hall–Kier alpha value is -1.68. The molecule has 0 amide bonds. The minimum atomic E-state index is 0.410. The van der Waals surface area contributed by atoms with Gasteiger partial charge < -0.3 is 11.1 Å². The third kappa shape index (κ3) is 2.16. The number of benzene rings is 1. The Kier molecular flexibility index (Phi) is 2.88. The summed E-state index contributed by atoms with van der Waals surface area (Å²) in [5.41, 5.74) is 6.07. The third-order valence-corrected chi connectivity index (χ3v) is 3.83. The van der Waals surface area contributed by atoms with Crippen LogP contribution in [0.1, 0.15) is 19.3 Å². The summed E-state index contributed by atoms with van der Waals surface area (Å²) in [4.78, 5) is 0. The first-order chi connectivity index (χ1) is 8.83. The van der Waals surface area contributed by atoms with Gasteiger partial charge in [0.1, 0.15) is 0 Å². The summed E-state index contributed by atoms with van der Waals surface area (Å²) in [5, 5.41) is 14.0. The van der Waals surface area contributed by atoms with Crippen LogP contribution in [0.2, 0.25) is 0 Å². The molecule has 1 aliphatic carbocycles. The van der Waals surface area contributed by atoms with Crippen molar-refractivity contribution in [1.82, 2.24) is 10.2 Å². The first-order valence-corrected chi connectivity index (χ1v) is 6.47. The van der Waals surface area contributed by atoms with E-state index in [0.717, 1.165) is 36.1 Å². The van der Waals surface area contributed by atoms with Crippen LogP contribution in [0.5, 0.6) is 0 Å². The second-order valence-corrected chi connectivity index (χ2v) is 5.17. The zero-order valence-electron chi connectivity index (χ0n) is 10.4. The molecule has 3 N–H and O–H groups in total. The lowest BCUT2D eigenvalue weighted by molar-refractivity contribution is 0.500. The highest BCUT2D eigenvalue weighted by molar-refractivity contribution is 5.90. The van der Waals surface area contributed by atoms with Gasteiger partial charge in [-0.25, -0.2) is 0 Å². The lowest BCUT2D eigenvalue weighted by atomic mass is 10.0. The standard InChI is InChI=1S/C14H18N4/c15-8-7-14(5-6-14)10-16-13-12-4-2-1-3-11(12)9-17-18-13/h1-4,9H,5-8,10,15H2,(H,16,18). The number of hydrogen-bond donors (Lipinski definition) is 2. The maximum Gasteiger partial charge on any atom is 0.156 e. The molecule has 0 atom stereocenters. The molecule has 0 aliphatic heterocycles. The number of nitrogens with zero attached hydrogens (tertiary/aromatic N) is 2. The van der Waals surface area contributed by atoms with E-state index < -0.39 is 0 Å². The molecule has 1 heterocycles. The van der Waals surface area contributed by atoms with Gasteiger partial charge in [0.2, 0.25) is 0 Å². The number of hydrogen-bond acceptors (Lipinski definition) is 4. The summed E-state index contributed by atoms with van der Waals surface area (Å²) in [5.74, 6) is 0.886. The van der Waals surface area contributed by atoms with Gasteiger partial charge in [-0.3, -0.25) is 0 Å². The van der Waals surface area contributed by atoms with Crippen LogP contribution >= 0.6 is 0 Å². The topological polar surface area (TPSA) is 63.8 Å². The molecule has 94 valence electrons. The first kappa shape index (κ1) is 11.4. The van der Waals surface area contributed by atoms with E-state index in [1.54, 1.807) is 6.20 Å². The van der Waals surface area contributed by atoms with E-state index in [0.29, 0.717) is 5.41 Å². The summed E-state index contributed by atoms with van der Waals surface area (Å²) in [6.45, 7) is 1.72. The average Bonchev–Trinajstić information content (AvgIpc) is 3.17. The van der Waals surface area contributed by atoms with Crippen LogP contribution in [0.3, 0.4) is 0 Å². The highest BCUT2D eigenvalue weighted by Gasteiger charge is 2.41. The monoisotopic (exact) mass is 242 g/mol. The van der Waals surface area contributed by atoms with E-state index in [2.05, 4.69) is 27.6 Å². The predicted octanol–water partition coefficient (Wildman–Crippen LogP) is 2.17. The number of aromatic nitrogens is 2. The van der Waals surface area contributed by atoms with E-state index in [4.69, 9.17) is 5.73 Å². The van der Waals surface area contributed by atoms with Crippen LogP contribution < -0.4 is 11.1 Å². The highest BCUT2D eigenvalue weighted by Crippen LogP contribution is 2.48. The van der Waals surface area contributed by atoms with Crippen molar-refractivity contribution in [2.75, 3.05) is 18.4 Å². The van der Waals surface area contributed by atoms with Crippen molar-refractivity contribution in [1.29, 1.82) is 0 Å². The zero-order valence-corrected chi connectivity index (χ0v) is 10.4. The Labute approximate surface area is 107 Å². The van der Waals surface area contributed by atoms with Crippen LogP contribution in [-0.2, 0) is 0 Å². The SMILES string of the molecule is NCCC1(CNc2nncc3ccccc23)CC1. The normalized spacial score (nSPS) is 16.7. The second-order valence-electron chi connectivity index (χ2n) is 5.17.